The summed E-state index contributed by atoms with van der Waals surface area (Å²) >= 11 is 0. The molecule has 1 fully saturated rings. The third kappa shape index (κ3) is 4.01. The highest BCUT2D eigenvalue weighted by molar-refractivity contribution is 5.91. The maximum Gasteiger partial charge on any atom is 0.415 e. The van der Waals surface area contributed by atoms with Crippen LogP contribution in [-0.2, 0) is 9.53 Å². The second-order valence-electron chi connectivity index (χ2n) is 6.77. The summed E-state index contributed by atoms with van der Waals surface area (Å²) in [6.07, 6.45) is 2.50. The number of amides is 2. The number of aromatic nitrogens is 3. The molecule has 0 bridgehead atoms. The van der Waals surface area contributed by atoms with Gasteiger partial charge in [-0.25, -0.2) is 9.78 Å². The zero-order chi connectivity index (χ0) is 18.7. The molecule has 1 saturated carbocycles. The molecule has 2 N–H and O–H groups in total. The van der Waals surface area contributed by atoms with E-state index >= 15 is 0 Å². The monoisotopic (exact) mass is 357 g/mol. The molecule has 8 nitrogen and oxygen atoms in total. The number of nitrogens with zero attached hydrogens (tertiary/aromatic N) is 3. The Morgan fingerprint density at radius 2 is 2.12 bits per heavy atom. The molecule has 138 valence electrons. The van der Waals surface area contributed by atoms with Crippen molar-refractivity contribution < 1.29 is 14.3 Å². The van der Waals surface area contributed by atoms with Crippen molar-refractivity contribution in [2.75, 3.05) is 17.3 Å². The van der Waals surface area contributed by atoms with Crippen molar-refractivity contribution in [1.82, 2.24) is 15.2 Å². The fourth-order valence-electron chi connectivity index (χ4n) is 2.66. The molecule has 26 heavy (non-hydrogen) atoms. The van der Waals surface area contributed by atoms with Gasteiger partial charge >= 0.3 is 6.09 Å². The smallest absolute Gasteiger partial charge is 0.415 e. The Bertz CT molecular complexity index is 768. The Labute approximate surface area is 151 Å². The largest absolute Gasteiger partial charge is 0.446 e. The van der Waals surface area contributed by atoms with Crippen molar-refractivity contribution in [2.45, 2.75) is 38.7 Å². The van der Waals surface area contributed by atoms with E-state index in [9.17, 15) is 9.59 Å². The van der Waals surface area contributed by atoms with Crippen LogP contribution >= 0.6 is 0 Å². The van der Waals surface area contributed by atoms with Gasteiger partial charge in [0.2, 0.25) is 5.91 Å². The summed E-state index contributed by atoms with van der Waals surface area (Å²) < 4.78 is 5.50. The van der Waals surface area contributed by atoms with Crippen LogP contribution in [0.1, 0.15) is 38.3 Å². The number of hydrogen-bond donors (Lipinski definition) is 2. The Morgan fingerprint density at radius 3 is 2.77 bits per heavy atom. The van der Waals surface area contributed by atoms with E-state index in [0.717, 1.165) is 5.69 Å². The van der Waals surface area contributed by atoms with Gasteiger partial charge in [-0.1, -0.05) is 19.9 Å². The van der Waals surface area contributed by atoms with Crippen molar-refractivity contribution in [3.8, 4) is 0 Å². The van der Waals surface area contributed by atoms with E-state index in [0.29, 0.717) is 24.5 Å². The van der Waals surface area contributed by atoms with E-state index in [1.54, 1.807) is 25.4 Å². The van der Waals surface area contributed by atoms with Crippen LogP contribution in [0, 0.1) is 5.92 Å². The fraction of sp³-hybridized carbons (Fsp3) is 0.444. The molecule has 2 heterocycles. The summed E-state index contributed by atoms with van der Waals surface area (Å²) in [6, 6.07) is 7.20. The van der Waals surface area contributed by atoms with Crippen molar-refractivity contribution in [1.29, 1.82) is 0 Å². The van der Waals surface area contributed by atoms with Gasteiger partial charge in [0.05, 0.1) is 5.69 Å². The molecule has 2 aromatic heterocycles. The highest BCUT2D eigenvalue weighted by atomic mass is 16.6. The van der Waals surface area contributed by atoms with E-state index in [4.69, 9.17) is 4.74 Å². The standard InChI is InChI=1S/C18H23N5O3/c1-11(2)17(24)20-15-10-14(21-22-15)12-8-13(9-12)26-18(25)23(3)16-6-4-5-7-19-16/h4-7,10-13H,8-9H2,1-3H3,(H2,20,21,22,24)/t12-,13+. The highest BCUT2D eigenvalue weighted by Gasteiger charge is 2.35. The molecule has 2 amide bonds. The summed E-state index contributed by atoms with van der Waals surface area (Å²) in [5, 5.41) is 9.86. The lowest BCUT2D eigenvalue weighted by Gasteiger charge is -2.34. The predicted molar refractivity (Wildman–Crippen MR) is 96.9 cm³/mol. The van der Waals surface area contributed by atoms with Crippen molar-refractivity contribution in [2.24, 2.45) is 5.92 Å². The molecule has 0 saturated heterocycles. The molecular formula is C18H23N5O3. The first-order valence-corrected chi connectivity index (χ1v) is 8.65. The zero-order valence-corrected chi connectivity index (χ0v) is 15.1. The summed E-state index contributed by atoms with van der Waals surface area (Å²) in [5.41, 5.74) is 0.870. The lowest BCUT2D eigenvalue weighted by molar-refractivity contribution is -0.118. The third-order valence-corrected chi connectivity index (χ3v) is 4.43. The summed E-state index contributed by atoms with van der Waals surface area (Å²) in [6.45, 7) is 3.67. The molecule has 0 radical (unpaired) electrons. The van der Waals surface area contributed by atoms with Crippen LogP contribution in [0.15, 0.2) is 30.5 Å². The van der Waals surface area contributed by atoms with Gasteiger partial charge in [0.1, 0.15) is 17.7 Å². The van der Waals surface area contributed by atoms with Gasteiger partial charge in [-0.15, -0.1) is 0 Å². The van der Waals surface area contributed by atoms with Crippen LogP contribution in [0.4, 0.5) is 16.4 Å². The fourth-order valence-corrected chi connectivity index (χ4v) is 2.66. The summed E-state index contributed by atoms with van der Waals surface area (Å²) in [7, 11) is 1.64. The number of hydrogen-bond acceptors (Lipinski definition) is 5. The number of carbonyl (C=O) groups is 2. The molecule has 0 aliphatic heterocycles. The summed E-state index contributed by atoms with van der Waals surface area (Å²) in [4.78, 5) is 29.4. The molecule has 1 aliphatic carbocycles. The number of aromatic amines is 1. The predicted octanol–water partition coefficient (Wildman–Crippen LogP) is 2.92. The van der Waals surface area contributed by atoms with E-state index in [1.165, 1.54) is 4.90 Å². The zero-order valence-electron chi connectivity index (χ0n) is 15.1. The SMILES string of the molecule is CC(C)C(=O)Nc1cc([C@H]2C[C@@H](OC(=O)N(C)c3ccccn3)C2)n[nH]1. The number of rotatable bonds is 5. The first-order chi connectivity index (χ1) is 12.4. The van der Waals surface area contributed by atoms with Crippen LogP contribution in [0.25, 0.3) is 0 Å². The molecular weight excluding hydrogens is 334 g/mol. The van der Waals surface area contributed by atoms with Gasteiger partial charge < -0.3 is 10.1 Å². The number of carbonyl (C=O) groups excluding carboxylic acids is 2. The van der Waals surface area contributed by atoms with Crippen molar-refractivity contribution >= 4 is 23.6 Å². The van der Waals surface area contributed by atoms with E-state index in [-0.39, 0.29) is 23.8 Å². The number of nitrogens with one attached hydrogen (secondary N) is 2. The van der Waals surface area contributed by atoms with E-state index in [1.807, 2.05) is 26.0 Å². The van der Waals surface area contributed by atoms with Crippen LogP contribution in [0.5, 0.6) is 0 Å². The minimum Gasteiger partial charge on any atom is -0.446 e. The van der Waals surface area contributed by atoms with Crippen LogP contribution in [-0.4, -0.2) is 40.3 Å². The van der Waals surface area contributed by atoms with Gasteiger partial charge in [-0.05, 0) is 25.0 Å². The molecule has 8 heteroatoms. The summed E-state index contributed by atoms with van der Waals surface area (Å²) in [5.74, 6) is 1.21. The first kappa shape index (κ1) is 17.9. The number of anilines is 2. The molecule has 3 rings (SSSR count). The topological polar surface area (TPSA) is 100 Å². The molecule has 0 spiro atoms. The van der Waals surface area contributed by atoms with Gasteiger partial charge in [0.25, 0.3) is 0 Å². The molecule has 1 aliphatic rings. The average molecular weight is 357 g/mol. The quantitative estimate of drug-likeness (QED) is 0.857. The Hall–Kier alpha value is -2.90. The number of pyridine rings is 1. The molecule has 0 unspecified atom stereocenters. The minimum atomic E-state index is -0.418. The van der Waals surface area contributed by atoms with E-state index < -0.39 is 6.09 Å². The van der Waals surface area contributed by atoms with Crippen LogP contribution in [0.3, 0.4) is 0 Å². The van der Waals surface area contributed by atoms with Crippen LogP contribution < -0.4 is 10.2 Å². The average Bonchev–Trinajstić information content (AvgIpc) is 3.05. The lowest BCUT2D eigenvalue weighted by Crippen LogP contribution is -2.37. The van der Waals surface area contributed by atoms with Crippen molar-refractivity contribution in [3.63, 3.8) is 0 Å². The van der Waals surface area contributed by atoms with Gasteiger partial charge in [0, 0.05) is 31.1 Å². The Balaban J connectivity index is 1.48. The van der Waals surface area contributed by atoms with E-state index in [2.05, 4.69) is 20.5 Å². The second kappa shape index (κ2) is 7.55. The minimum absolute atomic E-state index is 0.0572. The van der Waals surface area contributed by atoms with Gasteiger partial charge in [0.15, 0.2) is 0 Å². The van der Waals surface area contributed by atoms with Crippen LogP contribution in [0.2, 0.25) is 0 Å². The normalized spacial score (nSPS) is 18.9. The first-order valence-electron chi connectivity index (χ1n) is 8.65. The molecule has 2 aromatic rings. The number of ether oxygens (including phenoxy) is 1. The second-order valence-corrected chi connectivity index (χ2v) is 6.77. The Kier molecular flexibility index (Phi) is 5.20. The maximum atomic E-state index is 12.2. The van der Waals surface area contributed by atoms with Gasteiger partial charge in [-0.2, -0.15) is 5.10 Å². The third-order valence-electron chi connectivity index (χ3n) is 4.43. The lowest BCUT2D eigenvalue weighted by atomic mass is 9.80. The molecule has 0 atom stereocenters. The Morgan fingerprint density at radius 1 is 1.35 bits per heavy atom. The maximum absolute atomic E-state index is 12.2. The highest BCUT2D eigenvalue weighted by Crippen LogP contribution is 2.38. The van der Waals surface area contributed by atoms with Gasteiger partial charge in [-0.3, -0.25) is 14.8 Å². The molecule has 0 aromatic carbocycles. The van der Waals surface area contributed by atoms with Crippen molar-refractivity contribution in [3.05, 3.63) is 36.2 Å². The number of H-pyrrole nitrogens is 1.